The Bertz CT molecular complexity index is 717. The fourth-order valence-corrected chi connectivity index (χ4v) is 2.30. The second-order valence-electron chi connectivity index (χ2n) is 4.91. The van der Waals surface area contributed by atoms with Gasteiger partial charge in [0.15, 0.2) is 0 Å². The summed E-state index contributed by atoms with van der Waals surface area (Å²) in [6, 6.07) is 11.7. The summed E-state index contributed by atoms with van der Waals surface area (Å²) in [4.78, 5) is 24.4. The van der Waals surface area contributed by atoms with Gasteiger partial charge in [0.05, 0.1) is 5.69 Å². The molecule has 0 bridgehead atoms. The Morgan fingerprint density at radius 3 is 2.33 bits per heavy atom. The molecule has 0 radical (unpaired) electrons. The van der Waals surface area contributed by atoms with E-state index < -0.39 is 0 Å². The molecular weight excluding hydrogens is 264 g/mol. The number of amides is 1. The maximum atomic E-state index is 10.5. The van der Waals surface area contributed by atoms with E-state index in [1.165, 1.54) is 0 Å². The van der Waals surface area contributed by atoms with Crippen molar-refractivity contribution < 1.29 is 9.59 Å². The Morgan fingerprint density at radius 2 is 1.76 bits per heavy atom. The SMILES string of the molecule is Cc1cc(Cc2ccc(NC=O)c(C)c2)ccc1N=C=O. The van der Waals surface area contributed by atoms with E-state index in [0.717, 1.165) is 34.4 Å². The van der Waals surface area contributed by atoms with Gasteiger partial charge in [0.2, 0.25) is 12.5 Å². The van der Waals surface area contributed by atoms with Crippen molar-refractivity contribution in [2.24, 2.45) is 4.99 Å². The molecule has 0 fully saturated rings. The Balaban J connectivity index is 2.22. The molecule has 0 aliphatic carbocycles. The molecule has 0 spiro atoms. The third-order valence-electron chi connectivity index (χ3n) is 3.34. The summed E-state index contributed by atoms with van der Waals surface area (Å²) >= 11 is 0. The normalized spacial score (nSPS) is 9.81. The summed E-state index contributed by atoms with van der Waals surface area (Å²) < 4.78 is 0. The van der Waals surface area contributed by atoms with Crippen LogP contribution >= 0.6 is 0 Å². The van der Waals surface area contributed by atoms with Gasteiger partial charge in [0.1, 0.15) is 0 Å². The summed E-state index contributed by atoms with van der Waals surface area (Å²) in [6.45, 7) is 3.88. The second-order valence-corrected chi connectivity index (χ2v) is 4.91. The van der Waals surface area contributed by atoms with E-state index in [4.69, 9.17) is 0 Å². The largest absolute Gasteiger partial charge is 0.328 e. The van der Waals surface area contributed by atoms with Crippen molar-refractivity contribution >= 4 is 23.9 Å². The third-order valence-corrected chi connectivity index (χ3v) is 3.34. The van der Waals surface area contributed by atoms with Crippen LogP contribution in [0.1, 0.15) is 22.3 Å². The van der Waals surface area contributed by atoms with Crippen molar-refractivity contribution in [1.29, 1.82) is 0 Å². The lowest BCUT2D eigenvalue weighted by Gasteiger charge is -2.08. The van der Waals surface area contributed by atoms with Crippen molar-refractivity contribution in [2.45, 2.75) is 20.3 Å². The van der Waals surface area contributed by atoms with E-state index >= 15 is 0 Å². The number of benzene rings is 2. The number of rotatable bonds is 5. The minimum Gasteiger partial charge on any atom is -0.328 e. The van der Waals surface area contributed by atoms with Crippen molar-refractivity contribution in [3.8, 4) is 0 Å². The summed E-state index contributed by atoms with van der Waals surface area (Å²) in [5, 5.41) is 2.67. The first kappa shape index (κ1) is 14.7. The number of carbonyl (C=O) groups excluding carboxylic acids is 2. The fourth-order valence-electron chi connectivity index (χ4n) is 2.30. The highest BCUT2D eigenvalue weighted by atomic mass is 16.1. The molecule has 1 N–H and O–H groups in total. The fraction of sp³-hybridized carbons (Fsp3) is 0.176. The quantitative estimate of drug-likeness (QED) is 0.518. The zero-order valence-corrected chi connectivity index (χ0v) is 12.0. The van der Waals surface area contributed by atoms with Gasteiger partial charge in [-0.3, -0.25) is 4.79 Å². The van der Waals surface area contributed by atoms with Gasteiger partial charge < -0.3 is 5.32 Å². The van der Waals surface area contributed by atoms with E-state index in [1.807, 2.05) is 44.2 Å². The minimum atomic E-state index is 0.649. The van der Waals surface area contributed by atoms with Crippen molar-refractivity contribution in [2.75, 3.05) is 5.32 Å². The molecule has 2 rings (SSSR count). The van der Waals surface area contributed by atoms with Crippen LogP contribution < -0.4 is 5.32 Å². The van der Waals surface area contributed by atoms with Gasteiger partial charge in [-0.1, -0.05) is 24.3 Å². The minimum absolute atomic E-state index is 0.649. The van der Waals surface area contributed by atoms with Gasteiger partial charge in [-0.05, 0) is 54.7 Å². The first-order valence-corrected chi connectivity index (χ1v) is 6.61. The predicted octanol–water partition coefficient (Wildman–Crippen LogP) is 3.43. The number of carbonyl (C=O) groups is 1. The highest BCUT2D eigenvalue weighted by molar-refractivity contribution is 5.73. The molecular formula is C17H16N2O2. The molecule has 21 heavy (non-hydrogen) atoms. The van der Waals surface area contributed by atoms with E-state index in [1.54, 1.807) is 6.08 Å². The Hall–Kier alpha value is -2.71. The standard InChI is InChI=1S/C17H16N2O2/c1-12-7-14(3-5-16(12)18-10-20)9-15-4-6-17(19-11-21)13(2)8-15/h3-8,10H,9H2,1-2H3,(H,18,20). The summed E-state index contributed by atoms with van der Waals surface area (Å²) in [7, 11) is 0. The lowest BCUT2D eigenvalue weighted by molar-refractivity contribution is -0.105. The number of anilines is 1. The molecule has 0 aliphatic rings. The van der Waals surface area contributed by atoms with E-state index in [9.17, 15) is 9.59 Å². The van der Waals surface area contributed by atoms with Crippen LogP contribution in [-0.2, 0) is 16.0 Å². The monoisotopic (exact) mass is 280 g/mol. The maximum Gasteiger partial charge on any atom is 0.240 e. The highest BCUT2D eigenvalue weighted by Crippen LogP contribution is 2.22. The van der Waals surface area contributed by atoms with Gasteiger partial charge >= 0.3 is 0 Å². The molecule has 4 nitrogen and oxygen atoms in total. The number of aryl methyl sites for hydroxylation is 2. The second kappa shape index (κ2) is 6.64. The summed E-state index contributed by atoms with van der Waals surface area (Å²) in [5.41, 5.74) is 5.75. The molecule has 4 heteroatoms. The van der Waals surface area contributed by atoms with Gasteiger partial charge in [-0.2, -0.15) is 4.99 Å². The number of hydrogen-bond acceptors (Lipinski definition) is 3. The topological polar surface area (TPSA) is 58.5 Å². The summed E-state index contributed by atoms with van der Waals surface area (Å²) in [5.74, 6) is 0. The van der Waals surface area contributed by atoms with Crippen molar-refractivity contribution in [3.63, 3.8) is 0 Å². The van der Waals surface area contributed by atoms with Gasteiger partial charge in [0.25, 0.3) is 0 Å². The van der Waals surface area contributed by atoms with E-state index in [0.29, 0.717) is 12.1 Å². The summed E-state index contributed by atoms with van der Waals surface area (Å²) in [6.07, 6.45) is 3.02. The predicted molar refractivity (Wildman–Crippen MR) is 82.6 cm³/mol. The number of hydrogen-bond donors (Lipinski definition) is 1. The first-order chi connectivity index (χ1) is 10.1. The highest BCUT2D eigenvalue weighted by Gasteiger charge is 2.03. The van der Waals surface area contributed by atoms with Crippen LogP contribution in [0.15, 0.2) is 41.4 Å². The average molecular weight is 280 g/mol. The third kappa shape index (κ3) is 3.65. The average Bonchev–Trinajstić information content (AvgIpc) is 2.45. The number of nitrogens with one attached hydrogen (secondary N) is 1. The number of isocyanates is 1. The molecule has 0 aliphatic heterocycles. The van der Waals surface area contributed by atoms with Crippen LogP contribution in [0.4, 0.5) is 11.4 Å². The Kier molecular flexibility index (Phi) is 4.64. The molecule has 2 aromatic rings. The molecule has 0 unspecified atom stereocenters. The van der Waals surface area contributed by atoms with Crippen LogP contribution in [0.5, 0.6) is 0 Å². The van der Waals surface area contributed by atoms with Crippen molar-refractivity contribution in [3.05, 3.63) is 58.7 Å². The van der Waals surface area contributed by atoms with Gasteiger partial charge in [-0.15, -0.1) is 0 Å². The zero-order chi connectivity index (χ0) is 15.2. The van der Waals surface area contributed by atoms with Crippen LogP contribution in [-0.4, -0.2) is 12.5 Å². The van der Waals surface area contributed by atoms with E-state index in [-0.39, 0.29) is 0 Å². The Morgan fingerprint density at radius 1 is 1.10 bits per heavy atom. The van der Waals surface area contributed by atoms with Crippen molar-refractivity contribution in [1.82, 2.24) is 0 Å². The molecule has 106 valence electrons. The maximum absolute atomic E-state index is 10.5. The lowest BCUT2D eigenvalue weighted by atomic mass is 10.0. The van der Waals surface area contributed by atoms with Crippen LogP contribution in [0, 0.1) is 13.8 Å². The van der Waals surface area contributed by atoms with Gasteiger partial charge in [-0.25, -0.2) is 4.79 Å². The van der Waals surface area contributed by atoms with Crippen LogP contribution in [0.2, 0.25) is 0 Å². The molecule has 0 atom stereocenters. The zero-order valence-electron chi connectivity index (χ0n) is 12.0. The molecule has 0 heterocycles. The number of aliphatic imine (C=N–C) groups is 1. The molecule has 0 aromatic heterocycles. The molecule has 0 saturated carbocycles. The molecule has 2 aromatic carbocycles. The molecule has 1 amide bonds. The Labute approximate surface area is 123 Å². The number of nitrogens with zero attached hydrogens (tertiary/aromatic N) is 1. The van der Waals surface area contributed by atoms with Gasteiger partial charge in [0, 0.05) is 5.69 Å². The van der Waals surface area contributed by atoms with Crippen LogP contribution in [0.25, 0.3) is 0 Å². The van der Waals surface area contributed by atoms with E-state index in [2.05, 4.69) is 16.4 Å². The lowest BCUT2D eigenvalue weighted by Crippen LogP contribution is -1.97. The van der Waals surface area contributed by atoms with Crippen LogP contribution in [0.3, 0.4) is 0 Å². The molecule has 0 saturated heterocycles. The smallest absolute Gasteiger partial charge is 0.240 e. The first-order valence-electron chi connectivity index (χ1n) is 6.61.